The molecule has 0 amide bonds. The molecular weight excluding hydrogens is 374 g/mol. The van der Waals surface area contributed by atoms with E-state index in [1.807, 2.05) is 6.07 Å². The number of nitrogens with zero attached hydrogens (tertiary/aromatic N) is 1. The van der Waals surface area contributed by atoms with Gasteiger partial charge in [-0.15, -0.1) is 11.3 Å². The van der Waals surface area contributed by atoms with Crippen LogP contribution >= 0.6 is 27.3 Å². The Morgan fingerprint density at radius 1 is 1.35 bits per heavy atom. The van der Waals surface area contributed by atoms with Gasteiger partial charge in [-0.1, -0.05) is 23.8 Å². The van der Waals surface area contributed by atoms with Gasteiger partial charge in [0, 0.05) is 11.4 Å². The predicted octanol–water partition coefficient (Wildman–Crippen LogP) is 4.77. The van der Waals surface area contributed by atoms with Crippen molar-refractivity contribution in [2.24, 2.45) is 0 Å². The van der Waals surface area contributed by atoms with E-state index in [0.717, 1.165) is 23.2 Å². The number of halogens is 1. The van der Waals surface area contributed by atoms with Gasteiger partial charge in [-0.25, -0.2) is 0 Å². The molecule has 1 aliphatic heterocycles. The summed E-state index contributed by atoms with van der Waals surface area (Å²) in [6.45, 7) is 5.02. The highest BCUT2D eigenvalue weighted by Crippen LogP contribution is 2.40. The van der Waals surface area contributed by atoms with E-state index in [1.165, 1.54) is 21.6 Å². The average Bonchev–Trinajstić information content (AvgIpc) is 3.13. The van der Waals surface area contributed by atoms with Gasteiger partial charge in [-0.05, 0) is 65.9 Å². The van der Waals surface area contributed by atoms with Gasteiger partial charge in [0.25, 0.3) is 0 Å². The highest BCUT2D eigenvalue weighted by Gasteiger charge is 2.37. The molecule has 1 N–H and O–H groups in total. The lowest BCUT2D eigenvalue weighted by molar-refractivity contribution is -0.142. The van der Waals surface area contributed by atoms with E-state index in [-0.39, 0.29) is 6.04 Å². The molecule has 2 unspecified atom stereocenters. The summed E-state index contributed by atoms with van der Waals surface area (Å²) in [5.41, 5.74) is 3.63. The van der Waals surface area contributed by atoms with E-state index < -0.39 is 12.0 Å². The lowest BCUT2D eigenvalue weighted by atomic mass is 9.96. The van der Waals surface area contributed by atoms with Crippen molar-refractivity contribution < 1.29 is 9.90 Å². The quantitative estimate of drug-likeness (QED) is 0.813. The predicted molar refractivity (Wildman–Crippen MR) is 97.1 cm³/mol. The van der Waals surface area contributed by atoms with Crippen LogP contribution in [0.1, 0.15) is 40.5 Å². The maximum atomic E-state index is 11.7. The van der Waals surface area contributed by atoms with Crippen LogP contribution in [0.25, 0.3) is 0 Å². The highest BCUT2D eigenvalue weighted by molar-refractivity contribution is 9.11. The van der Waals surface area contributed by atoms with Crippen molar-refractivity contribution >= 4 is 33.2 Å². The van der Waals surface area contributed by atoms with Crippen LogP contribution in [0, 0.1) is 13.8 Å². The average molecular weight is 394 g/mol. The fraction of sp³-hybridized carbons (Fsp3) is 0.389. The summed E-state index contributed by atoms with van der Waals surface area (Å²) >= 11 is 5.23. The SMILES string of the molecule is Cc1ccc(C)c(C(c2ccc(Br)s2)N2CCCC2C(=O)O)c1. The third-order valence-corrected chi connectivity index (χ3v) is 6.18. The Morgan fingerprint density at radius 3 is 2.78 bits per heavy atom. The molecule has 3 nitrogen and oxygen atoms in total. The molecule has 1 fully saturated rings. The van der Waals surface area contributed by atoms with E-state index in [0.29, 0.717) is 0 Å². The molecule has 0 saturated carbocycles. The molecule has 122 valence electrons. The van der Waals surface area contributed by atoms with Gasteiger partial charge in [0.1, 0.15) is 6.04 Å². The van der Waals surface area contributed by atoms with Crippen molar-refractivity contribution in [3.8, 4) is 0 Å². The number of carboxylic acids is 1. The van der Waals surface area contributed by atoms with Gasteiger partial charge in [-0.3, -0.25) is 9.69 Å². The molecule has 1 aromatic carbocycles. The Hall–Kier alpha value is -1.17. The first kappa shape index (κ1) is 16.7. The van der Waals surface area contributed by atoms with E-state index in [9.17, 15) is 9.90 Å². The Bertz CT molecular complexity index is 728. The van der Waals surface area contributed by atoms with E-state index in [1.54, 1.807) is 11.3 Å². The van der Waals surface area contributed by atoms with Crippen LogP contribution < -0.4 is 0 Å². The van der Waals surface area contributed by atoms with E-state index in [4.69, 9.17) is 0 Å². The number of benzene rings is 1. The molecule has 1 saturated heterocycles. The van der Waals surface area contributed by atoms with E-state index in [2.05, 4.69) is 58.9 Å². The van der Waals surface area contributed by atoms with Gasteiger partial charge < -0.3 is 5.11 Å². The topological polar surface area (TPSA) is 40.5 Å². The molecule has 5 heteroatoms. The fourth-order valence-corrected chi connectivity index (χ4v) is 4.95. The summed E-state index contributed by atoms with van der Waals surface area (Å²) < 4.78 is 1.08. The number of carboxylic acid groups (broad SMARTS) is 1. The zero-order chi connectivity index (χ0) is 16.6. The van der Waals surface area contributed by atoms with Crippen LogP contribution in [0.15, 0.2) is 34.1 Å². The number of thiophene rings is 1. The Balaban J connectivity index is 2.11. The Kier molecular flexibility index (Phi) is 4.90. The van der Waals surface area contributed by atoms with Crippen molar-refractivity contribution in [3.05, 3.63) is 55.7 Å². The van der Waals surface area contributed by atoms with Gasteiger partial charge in [0.05, 0.1) is 9.83 Å². The number of rotatable bonds is 4. The van der Waals surface area contributed by atoms with Gasteiger partial charge in [-0.2, -0.15) is 0 Å². The standard InChI is InChI=1S/C18H20BrNO2S/c1-11-5-6-12(2)13(10-11)17(15-7-8-16(19)23-15)20-9-3-4-14(20)18(21)22/h5-8,10,14,17H,3-4,9H2,1-2H3,(H,21,22). The first-order chi connectivity index (χ1) is 11.0. The molecule has 0 radical (unpaired) electrons. The zero-order valence-corrected chi connectivity index (χ0v) is 15.7. The van der Waals surface area contributed by atoms with Crippen LogP contribution in [0.4, 0.5) is 0 Å². The third-order valence-electron chi connectivity index (χ3n) is 4.50. The number of aliphatic carboxylic acids is 1. The van der Waals surface area contributed by atoms with Gasteiger partial charge in [0.15, 0.2) is 0 Å². The molecule has 0 aliphatic carbocycles. The van der Waals surface area contributed by atoms with Gasteiger partial charge in [0.2, 0.25) is 0 Å². The van der Waals surface area contributed by atoms with E-state index >= 15 is 0 Å². The molecule has 1 aliphatic rings. The second kappa shape index (κ2) is 6.75. The van der Waals surface area contributed by atoms with Crippen LogP contribution in [-0.2, 0) is 4.79 Å². The number of hydrogen-bond donors (Lipinski definition) is 1. The highest BCUT2D eigenvalue weighted by atomic mass is 79.9. The molecule has 3 rings (SSSR count). The number of aryl methyl sites for hydroxylation is 2. The van der Waals surface area contributed by atoms with Crippen LogP contribution in [-0.4, -0.2) is 28.6 Å². The number of carbonyl (C=O) groups is 1. The number of likely N-dealkylation sites (tertiary alicyclic amines) is 1. The molecule has 23 heavy (non-hydrogen) atoms. The lowest BCUT2D eigenvalue weighted by Gasteiger charge is -2.32. The van der Waals surface area contributed by atoms with Crippen molar-refractivity contribution in [3.63, 3.8) is 0 Å². The Morgan fingerprint density at radius 2 is 2.13 bits per heavy atom. The Labute approximate surface area is 149 Å². The molecule has 2 heterocycles. The van der Waals surface area contributed by atoms with Crippen LogP contribution in [0.5, 0.6) is 0 Å². The monoisotopic (exact) mass is 393 g/mol. The molecular formula is C18H20BrNO2S. The minimum absolute atomic E-state index is 0.00907. The van der Waals surface area contributed by atoms with Gasteiger partial charge >= 0.3 is 5.97 Å². The first-order valence-corrected chi connectivity index (χ1v) is 9.39. The summed E-state index contributed by atoms with van der Waals surface area (Å²) in [5.74, 6) is -0.714. The zero-order valence-electron chi connectivity index (χ0n) is 13.3. The van der Waals surface area contributed by atoms with Crippen LogP contribution in [0.2, 0.25) is 0 Å². The first-order valence-electron chi connectivity index (χ1n) is 7.78. The summed E-state index contributed by atoms with van der Waals surface area (Å²) in [7, 11) is 0. The minimum atomic E-state index is -0.714. The summed E-state index contributed by atoms with van der Waals surface area (Å²) in [6.07, 6.45) is 1.66. The second-order valence-corrected chi connectivity index (χ2v) is 8.63. The second-order valence-electron chi connectivity index (χ2n) is 6.14. The largest absolute Gasteiger partial charge is 0.480 e. The lowest BCUT2D eigenvalue weighted by Crippen LogP contribution is -2.39. The number of hydrogen-bond acceptors (Lipinski definition) is 3. The third kappa shape index (κ3) is 3.37. The van der Waals surface area contributed by atoms with Crippen LogP contribution in [0.3, 0.4) is 0 Å². The minimum Gasteiger partial charge on any atom is -0.480 e. The molecule has 1 aromatic heterocycles. The normalized spacial score (nSPS) is 19.9. The van der Waals surface area contributed by atoms with Crippen molar-refractivity contribution in [1.29, 1.82) is 0 Å². The molecule has 0 spiro atoms. The smallest absolute Gasteiger partial charge is 0.320 e. The summed E-state index contributed by atoms with van der Waals surface area (Å²) in [5, 5.41) is 9.61. The van der Waals surface area contributed by atoms with Crippen molar-refractivity contribution in [2.45, 2.75) is 38.8 Å². The molecule has 2 atom stereocenters. The fourth-order valence-electron chi connectivity index (χ4n) is 3.39. The summed E-state index contributed by atoms with van der Waals surface area (Å²) in [4.78, 5) is 15.0. The maximum absolute atomic E-state index is 11.7. The molecule has 0 bridgehead atoms. The van der Waals surface area contributed by atoms with Crippen molar-refractivity contribution in [2.75, 3.05) is 6.54 Å². The van der Waals surface area contributed by atoms with Crippen molar-refractivity contribution in [1.82, 2.24) is 4.90 Å². The maximum Gasteiger partial charge on any atom is 0.320 e. The summed E-state index contributed by atoms with van der Waals surface area (Å²) in [6, 6.07) is 10.2. The molecule has 2 aromatic rings.